The fourth-order valence-electron chi connectivity index (χ4n) is 8.36. The van der Waals surface area contributed by atoms with E-state index < -0.39 is 6.10 Å². The van der Waals surface area contributed by atoms with E-state index in [2.05, 4.69) is 27.7 Å². The minimum atomic E-state index is -0.759. The average Bonchev–Trinajstić information content (AvgIpc) is 3.26. The Morgan fingerprint density at radius 1 is 0.328 bits per heavy atom. The molecule has 0 rings (SSSR count). The van der Waals surface area contributed by atoms with Gasteiger partial charge in [-0.15, -0.1) is 0 Å². The van der Waals surface area contributed by atoms with Gasteiger partial charge in [0, 0.05) is 19.3 Å². The third-order valence-electron chi connectivity index (χ3n) is 12.9. The lowest BCUT2D eigenvalue weighted by Crippen LogP contribution is -2.30. The summed E-state index contributed by atoms with van der Waals surface area (Å²) in [6.07, 6.45) is 52.5. The third-order valence-corrected chi connectivity index (χ3v) is 12.9. The molecule has 0 aliphatic heterocycles. The number of ether oxygens (including phenoxy) is 3. The largest absolute Gasteiger partial charge is 0.462 e. The van der Waals surface area contributed by atoms with Crippen LogP contribution in [0.4, 0.5) is 0 Å². The van der Waals surface area contributed by atoms with Crippen molar-refractivity contribution in [2.24, 2.45) is 5.92 Å². The van der Waals surface area contributed by atoms with Gasteiger partial charge >= 0.3 is 17.9 Å². The van der Waals surface area contributed by atoms with Crippen LogP contribution in [0.5, 0.6) is 0 Å². The highest BCUT2D eigenvalue weighted by molar-refractivity contribution is 5.71. The first-order chi connectivity index (χ1) is 29.9. The van der Waals surface area contributed by atoms with E-state index in [4.69, 9.17) is 14.2 Å². The molecule has 362 valence electrons. The number of unbranched alkanes of at least 4 members (excludes halogenated alkanes) is 36. The molecule has 1 unspecified atom stereocenters. The lowest BCUT2D eigenvalue weighted by Gasteiger charge is -2.18. The van der Waals surface area contributed by atoms with Crippen LogP contribution in [0.3, 0.4) is 0 Å². The van der Waals surface area contributed by atoms with Gasteiger partial charge in [0.1, 0.15) is 13.2 Å². The molecular formula is C55H106O6. The van der Waals surface area contributed by atoms with Gasteiger partial charge in [-0.2, -0.15) is 0 Å². The Morgan fingerprint density at radius 2 is 0.574 bits per heavy atom. The van der Waals surface area contributed by atoms with Crippen LogP contribution >= 0.6 is 0 Å². The molecule has 0 aromatic rings. The van der Waals surface area contributed by atoms with Crippen molar-refractivity contribution in [1.29, 1.82) is 0 Å². The van der Waals surface area contributed by atoms with E-state index in [0.29, 0.717) is 19.3 Å². The summed E-state index contributed by atoms with van der Waals surface area (Å²) < 4.78 is 16.8. The van der Waals surface area contributed by atoms with Crippen LogP contribution in [-0.4, -0.2) is 37.2 Å². The second-order valence-corrected chi connectivity index (χ2v) is 19.1. The SMILES string of the molecule is CCCCCCCCCCCCCCCCC(=O)OC[C@@H](COC(=O)CCCCCCCCCCCCCCCCCCCCC(C)CC)OC(=O)CCCCCCCCC. The highest BCUT2D eigenvalue weighted by Crippen LogP contribution is 2.18. The van der Waals surface area contributed by atoms with E-state index in [9.17, 15) is 14.4 Å². The molecule has 6 nitrogen and oxygen atoms in total. The van der Waals surface area contributed by atoms with Gasteiger partial charge in [-0.25, -0.2) is 0 Å². The van der Waals surface area contributed by atoms with E-state index >= 15 is 0 Å². The molecule has 0 N–H and O–H groups in total. The zero-order chi connectivity index (χ0) is 44.5. The normalized spacial score (nSPS) is 12.4. The summed E-state index contributed by atoms with van der Waals surface area (Å²) in [6, 6.07) is 0. The van der Waals surface area contributed by atoms with E-state index in [0.717, 1.165) is 63.7 Å². The van der Waals surface area contributed by atoms with Gasteiger partial charge in [0.25, 0.3) is 0 Å². The van der Waals surface area contributed by atoms with Gasteiger partial charge in [-0.1, -0.05) is 272 Å². The second-order valence-electron chi connectivity index (χ2n) is 19.1. The topological polar surface area (TPSA) is 78.9 Å². The monoisotopic (exact) mass is 863 g/mol. The predicted octanol–water partition coefficient (Wildman–Crippen LogP) is 17.8. The summed E-state index contributed by atoms with van der Waals surface area (Å²) in [7, 11) is 0. The Hall–Kier alpha value is -1.59. The van der Waals surface area contributed by atoms with Gasteiger partial charge in [0.2, 0.25) is 0 Å². The van der Waals surface area contributed by atoms with Crippen LogP contribution in [0.1, 0.15) is 310 Å². The summed E-state index contributed by atoms with van der Waals surface area (Å²) in [5, 5.41) is 0. The summed E-state index contributed by atoms with van der Waals surface area (Å²) in [5.74, 6) is 0.0617. The second kappa shape index (κ2) is 49.4. The minimum absolute atomic E-state index is 0.0630. The highest BCUT2D eigenvalue weighted by atomic mass is 16.6. The van der Waals surface area contributed by atoms with Crippen molar-refractivity contribution in [3.8, 4) is 0 Å². The van der Waals surface area contributed by atoms with Crippen LogP contribution in [0.25, 0.3) is 0 Å². The van der Waals surface area contributed by atoms with Crippen LogP contribution in [0.2, 0.25) is 0 Å². The molecule has 0 amide bonds. The maximum atomic E-state index is 12.7. The number of rotatable bonds is 50. The molecule has 0 aromatic heterocycles. The maximum Gasteiger partial charge on any atom is 0.306 e. The molecule has 0 spiro atoms. The number of carbonyl (C=O) groups excluding carboxylic acids is 3. The summed E-state index contributed by atoms with van der Waals surface area (Å²) in [4.78, 5) is 37.8. The smallest absolute Gasteiger partial charge is 0.306 e. The molecule has 2 atom stereocenters. The number of hydrogen-bond donors (Lipinski definition) is 0. The Morgan fingerprint density at radius 3 is 0.852 bits per heavy atom. The number of carbonyl (C=O) groups is 3. The fourth-order valence-corrected chi connectivity index (χ4v) is 8.36. The van der Waals surface area contributed by atoms with Gasteiger partial charge in [0.15, 0.2) is 6.10 Å². The van der Waals surface area contributed by atoms with Crippen molar-refractivity contribution in [2.45, 2.75) is 316 Å². The van der Waals surface area contributed by atoms with Crippen molar-refractivity contribution in [1.82, 2.24) is 0 Å². The summed E-state index contributed by atoms with van der Waals surface area (Å²) >= 11 is 0. The molecule has 6 heteroatoms. The Balaban J connectivity index is 4.08. The van der Waals surface area contributed by atoms with Crippen molar-refractivity contribution < 1.29 is 28.6 Å². The van der Waals surface area contributed by atoms with Crippen molar-refractivity contribution >= 4 is 17.9 Å². The van der Waals surface area contributed by atoms with Crippen molar-refractivity contribution in [3.05, 3.63) is 0 Å². The molecule has 0 heterocycles. The quantitative estimate of drug-likeness (QED) is 0.0344. The van der Waals surface area contributed by atoms with Crippen LogP contribution in [0, 0.1) is 5.92 Å². The highest BCUT2D eigenvalue weighted by Gasteiger charge is 2.19. The maximum absolute atomic E-state index is 12.7. The molecule has 0 saturated heterocycles. The summed E-state index contributed by atoms with van der Waals surface area (Å²) in [5.41, 5.74) is 0. The first kappa shape index (κ1) is 59.4. The molecule has 0 aliphatic rings. The van der Waals surface area contributed by atoms with Crippen LogP contribution < -0.4 is 0 Å². The van der Waals surface area contributed by atoms with Crippen molar-refractivity contribution in [3.63, 3.8) is 0 Å². The predicted molar refractivity (Wildman–Crippen MR) is 261 cm³/mol. The molecular weight excluding hydrogens is 757 g/mol. The Kier molecular flexibility index (Phi) is 48.1. The van der Waals surface area contributed by atoms with E-state index in [1.807, 2.05) is 0 Å². The molecule has 0 aromatic carbocycles. The molecule has 0 bridgehead atoms. The van der Waals surface area contributed by atoms with Gasteiger partial charge in [-0.05, 0) is 25.2 Å². The molecule has 0 radical (unpaired) electrons. The number of esters is 3. The molecule has 0 aliphatic carbocycles. The standard InChI is InChI=1S/C55H106O6/c1-5-8-10-12-14-15-16-17-25-28-31-35-38-42-46-53(56)59-49-52(61-55(58)48-44-40-33-13-11-9-6-2)50-60-54(57)47-43-39-36-32-29-26-23-21-19-18-20-22-24-27-30-34-37-41-45-51(4)7-3/h51-52H,5-50H2,1-4H3/t51?,52-/m0/s1. The minimum Gasteiger partial charge on any atom is -0.462 e. The van der Waals surface area contributed by atoms with E-state index in [-0.39, 0.29) is 31.1 Å². The van der Waals surface area contributed by atoms with E-state index in [1.165, 1.54) is 205 Å². The molecule has 0 saturated carbocycles. The first-order valence-corrected chi connectivity index (χ1v) is 27.4. The van der Waals surface area contributed by atoms with Gasteiger partial charge < -0.3 is 14.2 Å². The lowest BCUT2D eigenvalue weighted by atomic mass is 9.99. The van der Waals surface area contributed by atoms with Gasteiger partial charge in [-0.3, -0.25) is 14.4 Å². The number of hydrogen-bond acceptors (Lipinski definition) is 6. The Labute approximate surface area is 380 Å². The first-order valence-electron chi connectivity index (χ1n) is 27.4. The van der Waals surface area contributed by atoms with Crippen molar-refractivity contribution in [2.75, 3.05) is 13.2 Å². The average molecular weight is 863 g/mol. The molecule has 61 heavy (non-hydrogen) atoms. The van der Waals surface area contributed by atoms with Crippen LogP contribution in [0.15, 0.2) is 0 Å². The fraction of sp³-hybridized carbons (Fsp3) is 0.945. The molecule has 0 fully saturated rings. The third kappa shape index (κ3) is 47.7. The van der Waals surface area contributed by atoms with Gasteiger partial charge in [0.05, 0.1) is 0 Å². The Bertz CT molecular complexity index is 920. The zero-order valence-corrected chi connectivity index (χ0v) is 41.6. The van der Waals surface area contributed by atoms with E-state index in [1.54, 1.807) is 0 Å². The van der Waals surface area contributed by atoms with Crippen LogP contribution in [-0.2, 0) is 28.6 Å². The zero-order valence-electron chi connectivity index (χ0n) is 41.6. The summed E-state index contributed by atoms with van der Waals surface area (Å²) in [6.45, 7) is 9.05. The lowest BCUT2D eigenvalue weighted by molar-refractivity contribution is -0.167.